The zero-order valence-corrected chi connectivity index (χ0v) is 18.5. The third-order valence-corrected chi connectivity index (χ3v) is 6.17. The lowest BCUT2D eigenvalue weighted by Gasteiger charge is -2.41. The summed E-state index contributed by atoms with van der Waals surface area (Å²) in [6.45, 7) is 3.19. The first-order chi connectivity index (χ1) is 16.2. The van der Waals surface area contributed by atoms with E-state index in [9.17, 15) is 24.9 Å². The summed E-state index contributed by atoms with van der Waals surface area (Å²) < 4.78 is 11.6. The fraction of sp³-hybridized carbons (Fsp3) is 0.185. The predicted molar refractivity (Wildman–Crippen MR) is 125 cm³/mol. The molecule has 0 radical (unpaired) electrons. The van der Waals surface area contributed by atoms with E-state index in [4.69, 9.17) is 9.15 Å². The first-order valence-electron chi connectivity index (χ1n) is 10.8. The average Bonchev–Trinajstić information content (AvgIpc) is 2.82. The van der Waals surface area contributed by atoms with Crippen LogP contribution in [-0.4, -0.2) is 32.8 Å². The Hall–Kier alpha value is -3.94. The lowest BCUT2D eigenvalue weighted by Crippen LogP contribution is -2.49. The third kappa shape index (κ3) is 3.29. The quantitative estimate of drug-likeness (QED) is 0.314. The van der Waals surface area contributed by atoms with Crippen molar-refractivity contribution in [3.63, 3.8) is 0 Å². The molecule has 2 atom stereocenters. The molecule has 1 aliphatic heterocycles. The summed E-state index contributed by atoms with van der Waals surface area (Å²) in [5, 5.41) is 33.2. The van der Waals surface area contributed by atoms with Gasteiger partial charge in [-0.25, -0.2) is 4.79 Å². The Morgan fingerprint density at radius 1 is 0.971 bits per heavy atom. The molecule has 4 aromatic rings. The second-order valence-corrected chi connectivity index (χ2v) is 8.81. The maximum Gasteiger partial charge on any atom is 0.336 e. The number of aliphatic hydroxyl groups excluding tert-OH is 2. The highest BCUT2D eigenvalue weighted by Gasteiger charge is 2.46. The maximum absolute atomic E-state index is 13.5. The van der Waals surface area contributed by atoms with Gasteiger partial charge in [-0.2, -0.15) is 0 Å². The molecule has 1 aliphatic rings. The fourth-order valence-corrected chi connectivity index (χ4v) is 4.41. The van der Waals surface area contributed by atoms with Crippen LogP contribution in [0.25, 0.3) is 22.1 Å². The van der Waals surface area contributed by atoms with E-state index in [0.717, 1.165) is 0 Å². The molecular weight excluding hydrogens is 436 g/mol. The number of benzene rings is 3. The summed E-state index contributed by atoms with van der Waals surface area (Å²) in [5.74, 6) is -1.17. The topological polar surface area (TPSA) is 117 Å². The number of hydrogen-bond donors (Lipinski definition) is 3. The number of fused-ring (bicyclic) bond motifs is 3. The number of aromatic hydroxyl groups is 1. The van der Waals surface area contributed by atoms with Crippen LogP contribution in [0.2, 0.25) is 0 Å². The molecule has 0 unspecified atom stereocenters. The smallest absolute Gasteiger partial charge is 0.336 e. The predicted octanol–water partition coefficient (Wildman–Crippen LogP) is 3.96. The molecule has 0 aliphatic carbocycles. The minimum atomic E-state index is -1.55. The Bertz CT molecular complexity index is 1470. The van der Waals surface area contributed by atoms with Crippen molar-refractivity contribution in [1.82, 2.24) is 0 Å². The number of rotatable bonds is 3. The molecule has 7 heteroatoms. The summed E-state index contributed by atoms with van der Waals surface area (Å²) >= 11 is 0. The molecule has 0 fully saturated rings. The standard InChI is InChI=1S/C27H22O7/c1-27(2)26(32)23(31)20-22(30)19(21(29)15-11-7-4-8-12-15)24-18(25(20)34-27)16(13-17(28)33-24)14-9-5-3-6-10-14/h3-13,23,26,30-32H,1-2H3/t23-,26+/m1/s1. The molecule has 172 valence electrons. The molecule has 0 amide bonds. The normalized spacial score (nSPS) is 18.8. The molecule has 7 nitrogen and oxygen atoms in total. The number of aliphatic hydroxyl groups is 2. The summed E-state index contributed by atoms with van der Waals surface area (Å²) in [7, 11) is 0. The monoisotopic (exact) mass is 458 g/mol. The largest absolute Gasteiger partial charge is 0.506 e. The van der Waals surface area contributed by atoms with E-state index >= 15 is 0 Å². The van der Waals surface area contributed by atoms with Crippen molar-refractivity contribution < 1.29 is 29.3 Å². The van der Waals surface area contributed by atoms with Crippen LogP contribution in [0, 0.1) is 0 Å². The number of hydrogen-bond acceptors (Lipinski definition) is 7. The molecule has 0 spiro atoms. The highest BCUT2D eigenvalue weighted by molar-refractivity contribution is 6.20. The Morgan fingerprint density at radius 2 is 1.59 bits per heavy atom. The van der Waals surface area contributed by atoms with E-state index in [1.165, 1.54) is 6.07 Å². The number of phenols is 1. The van der Waals surface area contributed by atoms with E-state index in [2.05, 4.69) is 0 Å². The Labute approximate surface area is 194 Å². The van der Waals surface area contributed by atoms with Gasteiger partial charge in [-0.15, -0.1) is 0 Å². The molecule has 0 saturated heterocycles. The SMILES string of the molecule is CC1(C)Oc2c(c(O)c(C(=O)c3ccccc3)c3oc(=O)cc(-c4ccccc4)c23)[C@@H](O)[C@@H]1O. The van der Waals surface area contributed by atoms with Crippen molar-refractivity contribution in [1.29, 1.82) is 0 Å². The van der Waals surface area contributed by atoms with Gasteiger partial charge in [0.25, 0.3) is 0 Å². The summed E-state index contributed by atoms with van der Waals surface area (Å²) in [4.78, 5) is 26.2. The number of ketones is 1. The van der Waals surface area contributed by atoms with Crippen molar-refractivity contribution in [3.8, 4) is 22.6 Å². The second-order valence-electron chi connectivity index (χ2n) is 8.81. The van der Waals surface area contributed by atoms with Crippen LogP contribution in [0.15, 0.2) is 75.9 Å². The molecule has 3 N–H and O–H groups in total. The molecule has 0 saturated carbocycles. The van der Waals surface area contributed by atoms with Crippen molar-refractivity contribution in [2.24, 2.45) is 0 Å². The van der Waals surface area contributed by atoms with E-state index in [1.54, 1.807) is 68.4 Å². The van der Waals surface area contributed by atoms with Crippen molar-refractivity contribution in [2.45, 2.75) is 31.7 Å². The summed E-state index contributed by atoms with van der Waals surface area (Å²) in [6.07, 6.45) is -2.94. The van der Waals surface area contributed by atoms with E-state index < -0.39 is 35.0 Å². The first-order valence-corrected chi connectivity index (χ1v) is 10.8. The van der Waals surface area contributed by atoms with Crippen LogP contribution in [0.3, 0.4) is 0 Å². The van der Waals surface area contributed by atoms with Crippen LogP contribution >= 0.6 is 0 Å². The van der Waals surface area contributed by atoms with Crippen molar-refractivity contribution >= 4 is 16.8 Å². The van der Waals surface area contributed by atoms with Gasteiger partial charge in [0.1, 0.15) is 34.9 Å². The summed E-state index contributed by atoms with van der Waals surface area (Å²) in [6, 6.07) is 18.5. The highest BCUT2D eigenvalue weighted by atomic mass is 16.5. The van der Waals surface area contributed by atoms with Gasteiger partial charge in [0.15, 0.2) is 5.58 Å². The summed E-state index contributed by atoms with van der Waals surface area (Å²) in [5.41, 5.74) is -1.23. The molecule has 3 aromatic carbocycles. The minimum absolute atomic E-state index is 0.0440. The van der Waals surface area contributed by atoms with Crippen LogP contribution in [-0.2, 0) is 0 Å². The van der Waals surface area contributed by atoms with E-state index in [1.807, 2.05) is 6.07 Å². The van der Waals surface area contributed by atoms with Gasteiger partial charge in [0, 0.05) is 17.2 Å². The van der Waals surface area contributed by atoms with E-state index in [-0.39, 0.29) is 33.4 Å². The highest BCUT2D eigenvalue weighted by Crippen LogP contribution is 2.52. The Balaban J connectivity index is 1.97. The number of carbonyl (C=O) groups is 1. The molecule has 34 heavy (non-hydrogen) atoms. The average molecular weight is 458 g/mol. The molecule has 5 rings (SSSR count). The number of phenolic OH excluding ortho intramolecular Hbond substituents is 1. The van der Waals surface area contributed by atoms with Crippen LogP contribution in [0.1, 0.15) is 41.4 Å². The van der Waals surface area contributed by atoms with Gasteiger partial charge in [-0.1, -0.05) is 60.7 Å². The van der Waals surface area contributed by atoms with Gasteiger partial charge >= 0.3 is 5.63 Å². The van der Waals surface area contributed by atoms with Crippen LogP contribution in [0.5, 0.6) is 11.5 Å². The van der Waals surface area contributed by atoms with Gasteiger partial charge in [0.05, 0.1) is 10.9 Å². The zero-order valence-electron chi connectivity index (χ0n) is 18.5. The second kappa shape index (κ2) is 7.83. The fourth-order valence-electron chi connectivity index (χ4n) is 4.41. The molecule has 1 aromatic heterocycles. The van der Waals surface area contributed by atoms with Crippen LogP contribution < -0.4 is 10.4 Å². The Morgan fingerprint density at radius 3 is 2.24 bits per heavy atom. The lowest BCUT2D eigenvalue weighted by molar-refractivity contribution is -0.111. The van der Waals surface area contributed by atoms with E-state index in [0.29, 0.717) is 11.1 Å². The number of carbonyl (C=O) groups excluding carboxylic acids is 1. The number of ether oxygens (including phenoxy) is 1. The molecular formula is C27H22O7. The van der Waals surface area contributed by atoms with Gasteiger partial charge in [0.2, 0.25) is 5.78 Å². The third-order valence-electron chi connectivity index (χ3n) is 6.17. The molecule has 2 heterocycles. The van der Waals surface area contributed by atoms with Gasteiger partial charge in [-0.05, 0) is 19.4 Å². The van der Waals surface area contributed by atoms with Crippen molar-refractivity contribution in [2.75, 3.05) is 0 Å². The van der Waals surface area contributed by atoms with Crippen molar-refractivity contribution in [3.05, 3.63) is 93.8 Å². The molecule has 0 bridgehead atoms. The Kier molecular flexibility index (Phi) is 5.04. The van der Waals surface area contributed by atoms with Gasteiger partial charge in [-0.3, -0.25) is 4.79 Å². The zero-order chi connectivity index (χ0) is 24.2. The first kappa shape index (κ1) is 21.9. The maximum atomic E-state index is 13.5. The van der Waals surface area contributed by atoms with Crippen LogP contribution in [0.4, 0.5) is 0 Å². The lowest BCUT2D eigenvalue weighted by atomic mass is 9.83. The minimum Gasteiger partial charge on any atom is -0.506 e. The van der Waals surface area contributed by atoms with Gasteiger partial charge < -0.3 is 24.5 Å².